The Morgan fingerprint density at radius 2 is 2.22 bits per heavy atom. The van der Waals surface area contributed by atoms with Crippen LogP contribution in [0.1, 0.15) is 38.2 Å². The van der Waals surface area contributed by atoms with Crippen LogP contribution in [-0.4, -0.2) is 29.6 Å². The van der Waals surface area contributed by atoms with E-state index in [2.05, 4.69) is 17.9 Å². The molecule has 1 saturated heterocycles. The van der Waals surface area contributed by atoms with Gasteiger partial charge in [-0.2, -0.15) is 0 Å². The molecular weight excluding hydrogens is 222 g/mol. The Morgan fingerprint density at radius 3 is 2.89 bits per heavy atom. The van der Waals surface area contributed by atoms with E-state index in [1.807, 2.05) is 12.1 Å². The molecule has 1 aliphatic heterocycles. The Kier molecular flexibility index (Phi) is 3.06. The third-order valence-corrected chi connectivity index (χ3v) is 4.78. The lowest BCUT2D eigenvalue weighted by Gasteiger charge is -2.29. The first kappa shape index (κ1) is 12.0. The molecule has 18 heavy (non-hydrogen) atoms. The van der Waals surface area contributed by atoms with Crippen molar-refractivity contribution in [3.8, 4) is 5.75 Å². The Bertz CT molecular complexity index is 427. The van der Waals surface area contributed by atoms with Gasteiger partial charge >= 0.3 is 0 Å². The number of nitrogens with zero attached hydrogens (tertiary/aromatic N) is 1. The molecule has 2 heteroatoms. The van der Waals surface area contributed by atoms with E-state index in [9.17, 15) is 5.11 Å². The van der Waals surface area contributed by atoms with Crippen LogP contribution >= 0.6 is 0 Å². The van der Waals surface area contributed by atoms with Gasteiger partial charge in [-0.25, -0.2) is 0 Å². The molecule has 1 heterocycles. The molecule has 1 aromatic carbocycles. The molecule has 0 amide bonds. The Labute approximate surface area is 110 Å². The van der Waals surface area contributed by atoms with E-state index in [4.69, 9.17) is 0 Å². The van der Waals surface area contributed by atoms with Crippen LogP contribution in [0.4, 0.5) is 0 Å². The van der Waals surface area contributed by atoms with E-state index in [0.29, 0.717) is 5.75 Å². The molecule has 3 rings (SSSR count). The van der Waals surface area contributed by atoms with Gasteiger partial charge in [-0.1, -0.05) is 19.1 Å². The highest BCUT2D eigenvalue weighted by atomic mass is 16.3. The first-order valence-electron chi connectivity index (χ1n) is 7.24. The highest BCUT2D eigenvalue weighted by molar-refractivity contribution is 5.34. The third-order valence-electron chi connectivity index (χ3n) is 4.78. The molecule has 0 spiro atoms. The average molecular weight is 245 g/mol. The van der Waals surface area contributed by atoms with Crippen molar-refractivity contribution in [2.45, 2.75) is 38.0 Å². The van der Waals surface area contributed by atoms with Crippen LogP contribution in [0.3, 0.4) is 0 Å². The summed E-state index contributed by atoms with van der Waals surface area (Å²) < 4.78 is 0. The van der Waals surface area contributed by atoms with Crippen molar-refractivity contribution >= 4 is 0 Å². The van der Waals surface area contributed by atoms with Crippen molar-refractivity contribution in [3.63, 3.8) is 0 Å². The normalized spacial score (nSPS) is 28.7. The van der Waals surface area contributed by atoms with Crippen LogP contribution in [0.2, 0.25) is 0 Å². The number of likely N-dealkylation sites (tertiary alicyclic amines) is 1. The topological polar surface area (TPSA) is 23.5 Å². The predicted molar refractivity (Wildman–Crippen MR) is 73.9 cm³/mol. The Hall–Kier alpha value is -1.02. The quantitative estimate of drug-likeness (QED) is 0.881. The Balaban J connectivity index is 1.78. The van der Waals surface area contributed by atoms with Crippen LogP contribution in [0, 0.1) is 5.92 Å². The first-order valence-corrected chi connectivity index (χ1v) is 7.24. The summed E-state index contributed by atoms with van der Waals surface area (Å²) in [4.78, 5) is 2.63. The summed E-state index contributed by atoms with van der Waals surface area (Å²) in [5.74, 6) is 1.38. The maximum Gasteiger partial charge on any atom is 0.115 e. The lowest BCUT2D eigenvalue weighted by molar-refractivity contribution is 0.294. The molecule has 1 saturated carbocycles. The maximum atomic E-state index is 9.69. The van der Waals surface area contributed by atoms with Gasteiger partial charge in [-0.05, 0) is 55.8 Å². The zero-order valence-corrected chi connectivity index (χ0v) is 11.2. The summed E-state index contributed by atoms with van der Waals surface area (Å²) >= 11 is 0. The van der Waals surface area contributed by atoms with E-state index < -0.39 is 0 Å². The molecule has 0 aromatic heterocycles. The zero-order chi connectivity index (χ0) is 12.6. The number of phenolic OH excluding ortho intramolecular Hbond substituents is 1. The summed E-state index contributed by atoms with van der Waals surface area (Å²) in [5.41, 5.74) is 1.59. The number of rotatable bonds is 4. The second kappa shape index (κ2) is 4.58. The van der Waals surface area contributed by atoms with Crippen molar-refractivity contribution in [2.24, 2.45) is 5.92 Å². The van der Waals surface area contributed by atoms with E-state index in [-0.39, 0.29) is 5.41 Å². The van der Waals surface area contributed by atoms with Crippen LogP contribution in [0.5, 0.6) is 5.75 Å². The fourth-order valence-corrected chi connectivity index (χ4v) is 3.34. The second-order valence-corrected chi connectivity index (χ2v) is 6.11. The second-order valence-electron chi connectivity index (χ2n) is 6.11. The van der Waals surface area contributed by atoms with Crippen LogP contribution in [0.15, 0.2) is 24.3 Å². The highest BCUT2D eigenvalue weighted by Gasteiger charge is 2.39. The van der Waals surface area contributed by atoms with Crippen molar-refractivity contribution in [1.82, 2.24) is 4.90 Å². The zero-order valence-electron chi connectivity index (χ0n) is 11.2. The molecule has 1 aliphatic carbocycles. The molecule has 1 aromatic rings. The SMILES string of the molecule is CC[C@@]1(c2cccc(O)c2)CCN(CC2CC2)C1. The van der Waals surface area contributed by atoms with Crippen LogP contribution < -0.4 is 0 Å². The molecule has 0 bridgehead atoms. The molecule has 2 fully saturated rings. The van der Waals surface area contributed by atoms with Gasteiger partial charge < -0.3 is 10.0 Å². The molecule has 98 valence electrons. The van der Waals surface area contributed by atoms with Crippen LogP contribution in [-0.2, 0) is 5.41 Å². The lowest BCUT2D eigenvalue weighted by atomic mass is 9.77. The summed E-state index contributed by atoms with van der Waals surface area (Å²) in [7, 11) is 0. The predicted octanol–water partition coefficient (Wildman–Crippen LogP) is 3.16. The molecular formula is C16H23NO. The van der Waals surface area contributed by atoms with Crippen molar-refractivity contribution in [2.75, 3.05) is 19.6 Å². The van der Waals surface area contributed by atoms with Gasteiger partial charge in [0, 0.05) is 18.5 Å². The summed E-state index contributed by atoms with van der Waals surface area (Å²) in [5, 5.41) is 9.69. The maximum absolute atomic E-state index is 9.69. The van der Waals surface area contributed by atoms with Gasteiger partial charge in [0.25, 0.3) is 0 Å². The number of phenols is 1. The van der Waals surface area contributed by atoms with E-state index in [1.165, 1.54) is 44.5 Å². The summed E-state index contributed by atoms with van der Waals surface area (Å²) in [6.45, 7) is 5.97. The fraction of sp³-hybridized carbons (Fsp3) is 0.625. The standard InChI is InChI=1S/C16H23NO/c1-2-16(14-4-3-5-15(18)10-14)8-9-17(12-16)11-13-6-7-13/h3-5,10,13,18H,2,6-9,11-12H2,1H3/t16-/m1/s1. The fourth-order valence-electron chi connectivity index (χ4n) is 3.34. The largest absolute Gasteiger partial charge is 0.508 e. The molecule has 0 unspecified atom stereocenters. The van der Waals surface area contributed by atoms with E-state index in [0.717, 1.165) is 12.3 Å². The van der Waals surface area contributed by atoms with E-state index in [1.54, 1.807) is 6.07 Å². The molecule has 2 aliphatic rings. The lowest BCUT2D eigenvalue weighted by Crippen LogP contribution is -2.31. The smallest absolute Gasteiger partial charge is 0.115 e. The molecule has 2 nitrogen and oxygen atoms in total. The summed E-state index contributed by atoms with van der Waals surface area (Å²) in [6, 6.07) is 7.89. The van der Waals surface area contributed by atoms with Gasteiger partial charge in [0.1, 0.15) is 5.75 Å². The van der Waals surface area contributed by atoms with Gasteiger partial charge in [0.15, 0.2) is 0 Å². The average Bonchev–Trinajstić information content (AvgIpc) is 3.08. The van der Waals surface area contributed by atoms with Gasteiger partial charge in [-0.15, -0.1) is 0 Å². The molecule has 1 N–H and O–H groups in total. The monoisotopic (exact) mass is 245 g/mol. The van der Waals surface area contributed by atoms with Gasteiger partial charge in [-0.3, -0.25) is 0 Å². The highest BCUT2D eigenvalue weighted by Crippen LogP contribution is 2.40. The van der Waals surface area contributed by atoms with Gasteiger partial charge in [0.05, 0.1) is 0 Å². The minimum Gasteiger partial charge on any atom is -0.508 e. The van der Waals surface area contributed by atoms with Crippen LogP contribution in [0.25, 0.3) is 0 Å². The number of aromatic hydroxyl groups is 1. The third kappa shape index (κ3) is 2.26. The van der Waals surface area contributed by atoms with Crippen molar-refractivity contribution in [3.05, 3.63) is 29.8 Å². The summed E-state index contributed by atoms with van der Waals surface area (Å²) in [6.07, 6.45) is 5.26. The number of benzene rings is 1. The van der Waals surface area contributed by atoms with Crippen molar-refractivity contribution < 1.29 is 5.11 Å². The Morgan fingerprint density at radius 1 is 1.39 bits per heavy atom. The van der Waals surface area contributed by atoms with E-state index >= 15 is 0 Å². The first-order chi connectivity index (χ1) is 8.72. The number of hydrogen-bond donors (Lipinski definition) is 1. The minimum absolute atomic E-state index is 0.271. The number of hydrogen-bond acceptors (Lipinski definition) is 2. The minimum atomic E-state index is 0.271. The molecule has 0 radical (unpaired) electrons. The van der Waals surface area contributed by atoms with Gasteiger partial charge in [0.2, 0.25) is 0 Å². The molecule has 1 atom stereocenters. The van der Waals surface area contributed by atoms with Crippen molar-refractivity contribution in [1.29, 1.82) is 0 Å².